The van der Waals surface area contributed by atoms with Crippen molar-refractivity contribution in [3.8, 4) is 5.75 Å². The number of furan rings is 1. The molecule has 8 heteroatoms. The van der Waals surface area contributed by atoms with Gasteiger partial charge in [0.1, 0.15) is 11.8 Å². The molecule has 2 amide bonds. The fourth-order valence-corrected chi connectivity index (χ4v) is 1.71. The Bertz CT molecular complexity index is 657. The molecular weight excluding hydrogens is 310 g/mol. The number of benzene rings is 1. The number of hydrogen-bond donors (Lipinski definition) is 2. The fourth-order valence-electron chi connectivity index (χ4n) is 1.71. The first-order chi connectivity index (χ1) is 11.0. The van der Waals surface area contributed by atoms with Gasteiger partial charge in [-0.2, -0.15) is 8.78 Å². The molecule has 1 heterocycles. The minimum atomic E-state index is -2.91. The molecule has 2 rings (SSSR count). The van der Waals surface area contributed by atoms with Crippen LogP contribution in [0.4, 0.5) is 14.5 Å². The zero-order chi connectivity index (χ0) is 16.8. The Morgan fingerprint density at radius 3 is 2.43 bits per heavy atom. The minimum Gasteiger partial charge on any atom is -0.459 e. The van der Waals surface area contributed by atoms with Gasteiger partial charge in [-0.25, -0.2) is 0 Å². The molecule has 0 aliphatic carbocycles. The van der Waals surface area contributed by atoms with Gasteiger partial charge in [-0.3, -0.25) is 9.59 Å². The van der Waals surface area contributed by atoms with Crippen LogP contribution in [0, 0.1) is 0 Å². The molecule has 0 spiro atoms. The zero-order valence-electron chi connectivity index (χ0n) is 12.1. The highest BCUT2D eigenvalue weighted by Crippen LogP contribution is 2.17. The average Bonchev–Trinajstić information content (AvgIpc) is 3.03. The minimum absolute atomic E-state index is 0.0165. The Balaban J connectivity index is 1.89. The smallest absolute Gasteiger partial charge is 0.387 e. The van der Waals surface area contributed by atoms with Crippen molar-refractivity contribution in [3.63, 3.8) is 0 Å². The summed E-state index contributed by atoms with van der Waals surface area (Å²) >= 11 is 0. The molecule has 23 heavy (non-hydrogen) atoms. The molecule has 0 aliphatic rings. The molecule has 2 aromatic rings. The summed E-state index contributed by atoms with van der Waals surface area (Å²) in [4.78, 5) is 23.7. The topological polar surface area (TPSA) is 80.6 Å². The van der Waals surface area contributed by atoms with Crippen LogP contribution in [-0.2, 0) is 4.79 Å². The Morgan fingerprint density at radius 1 is 1.17 bits per heavy atom. The predicted molar refractivity (Wildman–Crippen MR) is 77.3 cm³/mol. The Hall–Kier alpha value is -2.90. The van der Waals surface area contributed by atoms with Crippen molar-refractivity contribution in [1.29, 1.82) is 0 Å². The van der Waals surface area contributed by atoms with Gasteiger partial charge in [0.05, 0.1) is 6.26 Å². The molecule has 6 nitrogen and oxygen atoms in total. The van der Waals surface area contributed by atoms with Gasteiger partial charge in [0.25, 0.3) is 5.91 Å². The SMILES string of the molecule is CC(NC(=O)c1ccco1)C(=O)Nc1ccc(OC(F)F)cc1. The maximum atomic E-state index is 12.0. The predicted octanol–water partition coefficient (Wildman–Crippen LogP) is 2.64. The normalized spacial score (nSPS) is 11.8. The molecular formula is C15H14F2N2O4. The molecule has 0 aliphatic heterocycles. The van der Waals surface area contributed by atoms with E-state index in [9.17, 15) is 18.4 Å². The van der Waals surface area contributed by atoms with Crippen LogP contribution >= 0.6 is 0 Å². The lowest BCUT2D eigenvalue weighted by Gasteiger charge is -2.13. The first-order valence-electron chi connectivity index (χ1n) is 6.66. The van der Waals surface area contributed by atoms with E-state index in [2.05, 4.69) is 15.4 Å². The summed E-state index contributed by atoms with van der Waals surface area (Å²) in [5.41, 5.74) is 0.385. The van der Waals surface area contributed by atoms with E-state index in [0.29, 0.717) is 5.69 Å². The number of hydrogen-bond acceptors (Lipinski definition) is 4. The number of carbonyl (C=O) groups excluding carboxylic acids is 2. The van der Waals surface area contributed by atoms with Gasteiger partial charge in [-0.1, -0.05) is 0 Å². The highest BCUT2D eigenvalue weighted by molar-refractivity contribution is 5.99. The van der Waals surface area contributed by atoms with Crippen molar-refractivity contribution >= 4 is 17.5 Å². The van der Waals surface area contributed by atoms with Crippen LogP contribution in [0.2, 0.25) is 0 Å². The fraction of sp³-hybridized carbons (Fsp3) is 0.200. The Morgan fingerprint density at radius 2 is 1.87 bits per heavy atom. The quantitative estimate of drug-likeness (QED) is 0.856. The summed E-state index contributed by atoms with van der Waals surface area (Å²) in [5, 5.41) is 5.02. The van der Waals surface area contributed by atoms with Crippen LogP contribution < -0.4 is 15.4 Å². The van der Waals surface area contributed by atoms with E-state index in [1.165, 1.54) is 43.5 Å². The van der Waals surface area contributed by atoms with E-state index in [0.717, 1.165) is 0 Å². The first kappa shape index (κ1) is 16.5. The third-order valence-corrected chi connectivity index (χ3v) is 2.83. The van der Waals surface area contributed by atoms with E-state index in [4.69, 9.17) is 4.42 Å². The van der Waals surface area contributed by atoms with Crippen LogP contribution in [0.15, 0.2) is 47.1 Å². The van der Waals surface area contributed by atoms with Crippen molar-refractivity contribution in [2.24, 2.45) is 0 Å². The van der Waals surface area contributed by atoms with E-state index in [1.807, 2.05) is 0 Å². The third kappa shape index (κ3) is 4.80. The van der Waals surface area contributed by atoms with Gasteiger partial charge >= 0.3 is 6.61 Å². The van der Waals surface area contributed by atoms with Gasteiger partial charge in [0.15, 0.2) is 5.76 Å². The van der Waals surface area contributed by atoms with Crippen molar-refractivity contribution in [3.05, 3.63) is 48.4 Å². The van der Waals surface area contributed by atoms with Crippen LogP contribution in [0.5, 0.6) is 5.75 Å². The van der Waals surface area contributed by atoms with E-state index < -0.39 is 24.5 Å². The van der Waals surface area contributed by atoms with Crippen molar-refractivity contribution in [2.45, 2.75) is 19.6 Å². The number of nitrogens with one attached hydrogen (secondary N) is 2. The second-order valence-electron chi connectivity index (χ2n) is 4.56. The Kier molecular flexibility index (Phi) is 5.29. The standard InChI is InChI=1S/C15H14F2N2O4/c1-9(18-14(21)12-3-2-8-22-12)13(20)19-10-4-6-11(7-5-10)23-15(16)17/h2-9,15H,1H3,(H,18,21)(H,19,20). The lowest BCUT2D eigenvalue weighted by atomic mass is 10.2. The average molecular weight is 324 g/mol. The number of carbonyl (C=O) groups is 2. The van der Waals surface area contributed by atoms with Crippen LogP contribution in [0.1, 0.15) is 17.5 Å². The third-order valence-electron chi connectivity index (χ3n) is 2.83. The van der Waals surface area contributed by atoms with E-state index in [1.54, 1.807) is 6.07 Å². The first-order valence-corrected chi connectivity index (χ1v) is 6.66. The largest absolute Gasteiger partial charge is 0.459 e. The maximum absolute atomic E-state index is 12.0. The highest BCUT2D eigenvalue weighted by atomic mass is 19.3. The molecule has 2 N–H and O–H groups in total. The molecule has 0 saturated carbocycles. The molecule has 1 unspecified atom stereocenters. The molecule has 122 valence electrons. The van der Waals surface area contributed by atoms with Crippen molar-refractivity contribution < 1.29 is 27.5 Å². The molecule has 0 fully saturated rings. The molecule has 1 atom stereocenters. The van der Waals surface area contributed by atoms with E-state index in [-0.39, 0.29) is 11.5 Å². The number of rotatable bonds is 6. The summed E-state index contributed by atoms with van der Waals surface area (Å²) < 4.78 is 33.2. The number of halogens is 2. The van der Waals surface area contributed by atoms with Gasteiger partial charge in [-0.15, -0.1) is 0 Å². The highest BCUT2D eigenvalue weighted by Gasteiger charge is 2.18. The number of alkyl halides is 2. The summed E-state index contributed by atoms with van der Waals surface area (Å²) in [6, 6.07) is 7.64. The lowest BCUT2D eigenvalue weighted by Crippen LogP contribution is -2.41. The van der Waals surface area contributed by atoms with Crippen molar-refractivity contribution in [2.75, 3.05) is 5.32 Å². The second-order valence-corrected chi connectivity index (χ2v) is 4.56. The second kappa shape index (κ2) is 7.39. The van der Waals surface area contributed by atoms with E-state index >= 15 is 0 Å². The molecule has 0 bridgehead atoms. The lowest BCUT2D eigenvalue weighted by molar-refractivity contribution is -0.117. The van der Waals surface area contributed by atoms with Crippen LogP contribution in [-0.4, -0.2) is 24.5 Å². The van der Waals surface area contributed by atoms with Crippen LogP contribution in [0.25, 0.3) is 0 Å². The Labute approximate surface area is 130 Å². The van der Waals surface area contributed by atoms with Gasteiger partial charge in [0, 0.05) is 5.69 Å². The van der Waals surface area contributed by atoms with Gasteiger partial charge in [0.2, 0.25) is 5.91 Å². The summed E-state index contributed by atoms with van der Waals surface area (Å²) in [6.45, 7) is -1.41. The monoisotopic (exact) mass is 324 g/mol. The molecule has 1 aromatic heterocycles. The molecule has 1 aromatic carbocycles. The molecule has 0 radical (unpaired) electrons. The van der Waals surface area contributed by atoms with Crippen molar-refractivity contribution in [1.82, 2.24) is 5.32 Å². The summed E-state index contributed by atoms with van der Waals surface area (Å²) in [5.74, 6) is -0.902. The maximum Gasteiger partial charge on any atom is 0.387 e. The van der Waals surface area contributed by atoms with Gasteiger partial charge in [-0.05, 0) is 43.3 Å². The number of anilines is 1. The summed E-state index contributed by atoms with van der Waals surface area (Å²) in [6.07, 6.45) is 1.35. The zero-order valence-corrected chi connectivity index (χ0v) is 12.1. The van der Waals surface area contributed by atoms with Crippen LogP contribution in [0.3, 0.4) is 0 Å². The molecule has 0 saturated heterocycles. The van der Waals surface area contributed by atoms with Gasteiger partial charge < -0.3 is 19.8 Å². The number of ether oxygens (including phenoxy) is 1. The summed E-state index contributed by atoms with van der Waals surface area (Å²) in [7, 11) is 0. The number of amides is 2.